The zero-order valence-electron chi connectivity index (χ0n) is 30.2. The van der Waals surface area contributed by atoms with Gasteiger partial charge in [0.1, 0.15) is 36.6 Å². The fourth-order valence-corrected chi connectivity index (χ4v) is 6.99. The average molecular weight is 715 g/mol. The van der Waals surface area contributed by atoms with Crippen LogP contribution in [0.1, 0.15) is 63.1 Å². The first-order valence-electron chi connectivity index (χ1n) is 17.7. The summed E-state index contributed by atoms with van der Waals surface area (Å²) < 4.78 is 24.4. The summed E-state index contributed by atoms with van der Waals surface area (Å²) in [6.07, 6.45) is 0.0860. The van der Waals surface area contributed by atoms with E-state index in [1.54, 1.807) is 27.7 Å². The zero-order chi connectivity index (χ0) is 37.5. The molecule has 11 nitrogen and oxygen atoms in total. The van der Waals surface area contributed by atoms with Gasteiger partial charge in [0, 0.05) is 18.9 Å². The molecule has 0 spiro atoms. The normalized spacial score (nSPS) is 16.8. The summed E-state index contributed by atoms with van der Waals surface area (Å²) in [7, 11) is 1.24. The monoisotopic (exact) mass is 714 g/mol. The highest BCUT2D eigenvalue weighted by Crippen LogP contribution is 2.44. The Bertz CT molecular complexity index is 1730. The van der Waals surface area contributed by atoms with Gasteiger partial charge in [0.05, 0.1) is 7.11 Å². The lowest BCUT2D eigenvalue weighted by atomic mass is 9.98. The van der Waals surface area contributed by atoms with Crippen LogP contribution in [0.5, 0.6) is 0 Å². The van der Waals surface area contributed by atoms with Crippen LogP contribution in [-0.4, -0.2) is 79.1 Å². The third-order valence-electron chi connectivity index (χ3n) is 9.79. The number of esters is 1. The highest BCUT2D eigenvalue weighted by atomic mass is 19.1. The van der Waals surface area contributed by atoms with Crippen molar-refractivity contribution in [3.63, 3.8) is 0 Å². The van der Waals surface area contributed by atoms with Crippen molar-refractivity contribution in [3.05, 3.63) is 95.3 Å². The smallest absolute Gasteiger partial charge is 0.407 e. The Kier molecular flexibility index (Phi) is 12.3. The first-order chi connectivity index (χ1) is 24.9. The number of fused-ring (bicyclic) bond motifs is 3. The molecule has 0 radical (unpaired) electrons. The van der Waals surface area contributed by atoms with Gasteiger partial charge < -0.3 is 30.3 Å². The van der Waals surface area contributed by atoms with Crippen LogP contribution >= 0.6 is 0 Å². The van der Waals surface area contributed by atoms with E-state index in [0.29, 0.717) is 18.4 Å². The standard InChI is InChI=1S/C40H47FN4O7/c1-23(2)34(37(47)44-35(24(3)4)39(49)51-5)43-36(46)33-15-10-20-45(33)38(48)32(21-25-16-18-26(41)19-17-25)42-40(50)52-22-31-29-13-8-6-11-27(29)28-12-7-9-14-30(28)31/h6-9,11-14,16-19,23-24,31-35H,10,15,20-22H2,1-5H3,(H,42,50)(H,43,46)(H,44,47)/t32-,33-,34-,35-/m0/s1. The number of carbonyl (C=O) groups is 5. The summed E-state index contributed by atoms with van der Waals surface area (Å²) in [4.78, 5) is 68.4. The Morgan fingerprint density at radius 1 is 0.808 bits per heavy atom. The van der Waals surface area contributed by atoms with E-state index in [0.717, 1.165) is 22.3 Å². The summed E-state index contributed by atoms with van der Waals surface area (Å²) in [5.74, 6) is -3.42. The predicted molar refractivity (Wildman–Crippen MR) is 192 cm³/mol. The third kappa shape index (κ3) is 8.60. The number of rotatable bonds is 13. The van der Waals surface area contributed by atoms with E-state index in [1.165, 1.54) is 36.3 Å². The van der Waals surface area contributed by atoms with Gasteiger partial charge in [-0.1, -0.05) is 88.4 Å². The number of alkyl carbamates (subject to hydrolysis) is 1. The van der Waals surface area contributed by atoms with Gasteiger partial charge in [-0.2, -0.15) is 0 Å². The molecule has 4 amide bonds. The van der Waals surface area contributed by atoms with E-state index in [1.807, 2.05) is 48.5 Å². The predicted octanol–water partition coefficient (Wildman–Crippen LogP) is 4.72. The second kappa shape index (κ2) is 16.8. The maximum absolute atomic E-state index is 14.2. The van der Waals surface area contributed by atoms with Crippen molar-refractivity contribution in [1.29, 1.82) is 0 Å². The lowest BCUT2D eigenvalue weighted by molar-refractivity contribution is -0.147. The summed E-state index contributed by atoms with van der Waals surface area (Å²) >= 11 is 0. The zero-order valence-corrected chi connectivity index (χ0v) is 30.2. The van der Waals surface area contributed by atoms with Crippen LogP contribution in [0, 0.1) is 17.7 Å². The molecule has 0 bridgehead atoms. The van der Waals surface area contributed by atoms with Crippen molar-refractivity contribution in [2.45, 2.75) is 77.0 Å². The lowest BCUT2D eigenvalue weighted by Crippen LogP contribution is -2.59. The Morgan fingerprint density at radius 3 is 1.98 bits per heavy atom. The molecule has 4 atom stereocenters. The maximum Gasteiger partial charge on any atom is 0.407 e. The van der Waals surface area contributed by atoms with Crippen molar-refractivity contribution in [3.8, 4) is 11.1 Å². The van der Waals surface area contributed by atoms with Gasteiger partial charge in [-0.05, 0) is 64.6 Å². The molecule has 276 valence electrons. The van der Waals surface area contributed by atoms with Crippen LogP contribution in [0.2, 0.25) is 0 Å². The summed E-state index contributed by atoms with van der Waals surface area (Å²) in [5, 5.41) is 8.22. The number of nitrogens with zero attached hydrogens (tertiary/aromatic N) is 1. The molecule has 1 heterocycles. The molecule has 0 unspecified atom stereocenters. The molecule has 1 fully saturated rings. The number of methoxy groups -OCH3 is 1. The minimum absolute atomic E-state index is 0.0231. The van der Waals surface area contributed by atoms with Gasteiger partial charge in [-0.3, -0.25) is 14.4 Å². The molecule has 1 saturated heterocycles. The second-order valence-electron chi connectivity index (χ2n) is 14.0. The fraction of sp³-hybridized carbons (Fsp3) is 0.425. The molecule has 3 aromatic carbocycles. The number of amides is 4. The van der Waals surface area contributed by atoms with Crippen molar-refractivity contribution in [2.24, 2.45) is 11.8 Å². The number of carbonyl (C=O) groups excluding carboxylic acids is 5. The average Bonchev–Trinajstić information content (AvgIpc) is 3.75. The van der Waals surface area contributed by atoms with Crippen molar-refractivity contribution >= 4 is 29.8 Å². The Labute approximate surface area is 303 Å². The number of ether oxygens (including phenoxy) is 2. The van der Waals surface area contributed by atoms with E-state index in [4.69, 9.17) is 9.47 Å². The van der Waals surface area contributed by atoms with Gasteiger partial charge in [-0.25, -0.2) is 14.0 Å². The van der Waals surface area contributed by atoms with Crippen molar-refractivity contribution < 1.29 is 37.8 Å². The molecule has 1 aliphatic carbocycles. The van der Waals surface area contributed by atoms with Crippen molar-refractivity contribution in [2.75, 3.05) is 20.3 Å². The van der Waals surface area contributed by atoms with Crippen molar-refractivity contribution in [1.82, 2.24) is 20.9 Å². The Hall–Kier alpha value is -5.26. The minimum Gasteiger partial charge on any atom is -0.467 e. The van der Waals surface area contributed by atoms with Crippen LogP contribution in [0.4, 0.5) is 9.18 Å². The Morgan fingerprint density at radius 2 is 1.40 bits per heavy atom. The van der Waals surface area contributed by atoms with Crippen LogP contribution in [0.15, 0.2) is 72.8 Å². The molecule has 0 saturated carbocycles. The van der Waals surface area contributed by atoms with Gasteiger partial charge >= 0.3 is 12.1 Å². The summed E-state index contributed by atoms with van der Waals surface area (Å²) in [6, 6.07) is 17.6. The van der Waals surface area contributed by atoms with Crippen LogP contribution < -0.4 is 16.0 Å². The number of nitrogens with one attached hydrogen (secondary N) is 3. The number of benzene rings is 3. The number of hydrogen-bond donors (Lipinski definition) is 3. The minimum atomic E-state index is -1.13. The molecule has 0 aromatic heterocycles. The molecule has 5 rings (SSSR count). The molecule has 1 aliphatic heterocycles. The van der Waals surface area contributed by atoms with E-state index in [2.05, 4.69) is 16.0 Å². The lowest BCUT2D eigenvalue weighted by Gasteiger charge is -2.31. The van der Waals surface area contributed by atoms with E-state index >= 15 is 0 Å². The highest BCUT2D eigenvalue weighted by Gasteiger charge is 2.40. The summed E-state index contributed by atoms with van der Waals surface area (Å²) in [6.45, 7) is 7.36. The molecule has 2 aliphatic rings. The number of likely N-dealkylation sites (tertiary alicyclic amines) is 1. The van der Waals surface area contributed by atoms with E-state index < -0.39 is 59.8 Å². The molecule has 52 heavy (non-hydrogen) atoms. The summed E-state index contributed by atoms with van der Waals surface area (Å²) in [5.41, 5.74) is 4.84. The van der Waals surface area contributed by atoms with Gasteiger partial charge in [0.15, 0.2) is 0 Å². The first-order valence-corrected chi connectivity index (χ1v) is 17.7. The van der Waals surface area contributed by atoms with Gasteiger partial charge in [0.25, 0.3) is 0 Å². The van der Waals surface area contributed by atoms with E-state index in [-0.39, 0.29) is 37.3 Å². The number of hydrogen-bond acceptors (Lipinski definition) is 7. The quantitative estimate of drug-likeness (QED) is 0.218. The van der Waals surface area contributed by atoms with Crippen LogP contribution in [0.3, 0.4) is 0 Å². The molecule has 3 aromatic rings. The molecular weight excluding hydrogens is 667 g/mol. The highest BCUT2D eigenvalue weighted by molar-refractivity contribution is 5.95. The first kappa shape index (κ1) is 38.0. The number of halogens is 1. The maximum atomic E-state index is 14.2. The van der Waals surface area contributed by atoms with Gasteiger partial charge in [0.2, 0.25) is 17.7 Å². The SMILES string of the molecule is COC(=O)[C@@H](NC(=O)[C@@H](NC(=O)[C@@H]1CCCN1C(=O)[C@H](Cc1ccc(F)cc1)NC(=O)OCC1c2ccccc2-c2ccccc21)C(C)C)C(C)C. The largest absolute Gasteiger partial charge is 0.467 e. The fourth-order valence-electron chi connectivity index (χ4n) is 6.99. The topological polar surface area (TPSA) is 143 Å². The molecule has 12 heteroatoms. The molecule has 3 N–H and O–H groups in total. The Balaban J connectivity index is 1.30. The second-order valence-corrected chi connectivity index (χ2v) is 14.0. The third-order valence-corrected chi connectivity index (χ3v) is 9.79. The van der Waals surface area contributed by atoms with Crippen LogP contribution in [-0.2, 0) is 35.1 Å². The van der Waals surface area contributed by atoms with E-state index in [9.17, 15) is 28.4 Å². The van der Waals surface area contributed by atoms with Crippen LogP contribution in [0.25, 0.3) is 11.1 Å². The van der Waals surface area contributed by atoms with Gasteiger partial charge in [-0.15, -0.1) is 0 Å². The molecular formula is C40H47FN4O7.